The fourth-order valence-corrected chi connectivity index (χ4v) is 1.34. The number of rotatable bonds is 4. The van der Waals surface area contributed by atoms with Gasteiger partial charge in [0.2, 0.25) is 0 Å². The molecule has 0 aromatic rings. The van der Waals surface area contributed by atoms with E-state index in [-0.39, 0.29) is 0 Å². The number of quaternary nitrogens is 1. The first-order valence-electron chi connectivity index (χ1n) is 4.61. The zero-order chi connectivity index (χ0) is 10.9. The molecule has 0 rings (SSSR count). The summed E-state index contributed by atoms with van der Waals surface area (Å²) in [7, 11) is 0. The molecule has 13 heavy (non-hydrogen) atoms. The molecule has 0 aliphatic carbocycles. The summed E-state index contributed by atoms with van der Waals surface area (Å²) in [4.78, 5) is 0. The molecule has 0 heterocycles. The van der Waals surface area contributed by atoms with Crippen molar-refractivity contribution in [3.05, 3.63) is 0 Å². The van der Waals surface area contributed by atoms with E-state index in [1.54, 1.807) is 0 Å². The molecule has 0 spiro atoms. The molecule has 0 aliphatic rings. The minimum absolute atomic E-state index is 1.28. The second kappa shape index (κ2) is 8.78. The third-order valence-corrected chi connectivity index (χ3v) is 2.68. The Labute approximate surface area is 85.5 Å². The van der Waals surface area contributed by atoms with Gasteiger partial charge in [-0.25, -0.2) is 0 Å². The van der Waals surface area contributed by atoms with Gasteiger partial charge >= 0.3 is 26.7 Å². The zero-order valence-corrected chi connectivity index (χ0v) is 10.7. The van der Waals surface area contributed by atoms with Crippen LogP contribution in [0.5, 0.6) is 0 Å². The number of hydrogen-bond donors (Lipinski definition) is 1. The van der Waals surface area contributed by atoms with Crippen molar-refractivity contribution in [2.24, 2.45) is 0 Å². The van der Waals surface area contributed by atoms with Crippen LogP contribution in [0, 0.1) is 0 Å². The van der Waals surface area contributed by atoms with Crippen molar-refractivity contribution in [1.29, 1.82) is 0 Å². The van der Waals surface area contributed by atoms with E-state index in [0.29, 0.717) is 0 Å². The Bertz CT molecular complexity index is 116. The molecule has 82 valence electrons. The standard InChI is InChI=1S/C8H20N.H2O3Se/c1-5-9(6-2,7-3)8-4;1-4(2)3/h5-8H2,1-4H3;(H2,1,2,3)/q+1;/p-1. The summed E-state index contributed by atoms with van der Waals surface area (Å²) in [6.07, 6.45) is 0. The van der Waals surface area contributed by atoms with Crippen LogP contribution < -0.4 is 4.19 Å². The summed E-state index contributed by atoms with van der Waals surface area (Å²) >= 11 is -3.54. The molecule has 0 aliphatic heterocycles. The van der Waals surface area contributed by atoms with Crippen LogP contribution in [-0.2, 0) is 3.83 Å². The summed E-state index contributed by atoms with van der Waals surface area (Å²) in [6.45, 7) is 14.2. The van der Waals surface area contributed by atoms with Crippen molar-refractivity contribution in [2.45, 2.75) is 27.7 Å². The molecular weight excluding hydrogens is 237 g/mol. The molecule has 0 aromatic heterocycles. The summed E-state index contributed by atoms with van der Waals surface area (Å²) in [6, 6.07) is 0. The zero-order valence-electron chi connectivity index (χ0n) is 8.95. The Morgan fingerprint density at radius 3 is 1.23 bits per heavy atom. The Morgan fingerprint density at radius 1 is 1.08 bits per heavy atom. The number of nitrogens with zero attached hydrogens (tertiary/aromatic N) is 1. The Balaban J connectivity index is 0. The molecular formula is C8H21NO3Se. The number of hydrogen-bond acceptors (Lipinski definition) is 2. The molecule has 0 fully saturated rings. The summed E-state index contributed by atoms with van der Waals surface area (Å²) < 4.78 is 25.7. The fraction of sp³-hybridized carbons (Fsp3) is 1.00. The third-order valence-electron chi connectivity index (χ3n) is 2.68. The molecule has 0 saturated heterocycles. The van der Waals surface area contributed by atoms with E-state index in [2.05, 4.69) is 27.7 Å². The van der Waals surface area contributed by atoms with Crippen LogP contribution in [0.4, 0.5) is 0 Å². The fourth-order valence-electron chi connectivity index (χ4n) is 1.34. The monoisotopic (exact) mass is 259 g/mol. The van der Waals surface area contributed by atoms with Crippen LogP contribution in [0.1, 0.15) is 27.7 Å². The summed E-state index contributed by atoms with van der Waals surface area (Å²) in [5, 5.41) is 0. The minimum atomic E-state index is -3.54. The van der Waals surface area contributed by atoms with Crippen molar-refractivity contribution in [2.75, 3.05) is 26.2 Å². The van der Waals surface area contributed by atoms with Crippen LogP contribution in [0.15, 0.2) is 0 Å². The van der Waals surface area contributed by atoms with E-state index in [4.69, 9.17) is 12.2 Å². The molecule has 1 N–H and O–H groups in total. The van der Waals surface area contributed by atoms with Crippen LogP contribution in [0.2, 0.25) is 0 Å². The normalized spacial score (nSPS) is 13.1. The van der Waals surface area contributed by atoms with Gasteiger partial charge in [0.1, 0.15) is 0 Å². The summed E-state index contributed by atoms with van der Waals surface area (Å²) in [5.74, 6) is 0. The van der Waals surface area contributed by atoms with Crippen molar-refractivity contribution in [3.63, 3.8) is 0 Å². The molecule has 4 nitrogen and oxygen atoms in total. The van der Waals surface area contributed by atoms with Crippen LogP contribution in [0.25, 0.3) is 0 Å². The van der Waals surface area contributed by atoms with Gasteiger partial charge < -0.3 is 4.48 Å². The van der Waals surface area contributed by atoms with Crippen LogP contribution >= 0.6 is 0 Å². The maximum absolute atomic E-state index is 8.65. The predicted octanol–water partition coefficient (Wildman–Crippen LogP) is -0.363. The van der Waals surface area contributed by atoms with E-state index in [1.165, 1.54) is 30.7 Å². The van der Waals surface area contributed by atoms with Gasteiger partial charge in [0, 0.05) is 0 Å². The summed E-state index contributed by atoms with van der Waals surface area (Å²) in [5.41, 5.74) is 0. The Morgan fingerprint density at radius 2 is 1.23 bits per heavy atom. The van der Waals surface area contributed by atoms with Gasteiger partial charge in [0.15, 0.2) is 0 Å². The van der Waals surface area contributed by atoms with Gasteiger partial charge in [-0.05, 0) is 27.7 Å². The van der Waals surface area contributed by atoms with Crippen LogP contribution in [-0.4, -0.2) is 49.3 Å². The average Bonchev–Trinajstić information content (AvgIpc) is 2.09. The van der Waals surface area contributed by atoms with Crippen molar-refractivity contribution >= 4 is 14.5 Å². The van der Waals surface area contributed by atoms with Crippen LogP contribution in [0.3, 0.4) is 0 Å². The van der Waals surface area contributed by atoms with Gasteiger partial charge in [-0.15, -0.1) is 0 Å². The topological polar surface area (TPSA) is 60.4 Å². The molecule has 0 radical (unpaired) electrons. The second-order valence-corrected chi connectivity index (χ2v) is 3.73. The quantitative estimate of drug-likeness (QED) is 0.553. The Kier molecular flexibility index (Phi) is 10.6. The van der Waals surface area contributed by atoms with E-state index in [9.17, 15) is 0 Å². The van der Waals surface area contributed by atoms with Gasteiger partial charge in [-0.2, -0.15) is 0 Å². The SMILES string of the molecule is CC[N+](CC)(CC)CC.O=[Se]([O-])O. The van der Waals surface area contributed by atoms with Crippen molar-refractivity contribution in [3.8, 4) is 0 Å². The second-order valence-electron chi connectivity index (χ2n) is 2.82. The maximum atomic E-state index is 8.65. The molecule has 0 amide bonds. The van der Waals surface area contributed by atoms with Gasteiger partial charge in [-0.3, -0.25) is 0 Å². The van der Waals surface area contributed by atoms with E-state index in [0.717, 1.165) is 0 Å². The van der Waals surface area contributed by atoms with Gasteiger partial charge in [0.05, 0.1) is 26.2 Å². The first-order valence-corrected chi connectivity index (χ1v) is 6.77. The van der Waals surface area contributed by atoms with Crippen molar-refractivity contribution in [1.82, 2.24) is 0 Å². The van der Waals surface area contributed by atoms with E-state index >= 15 is 0 Å². The molecule has 1 atom stereocenters. The molecule has 0 saturated carbocycles. The molecule has 1 unspecified atom stereocenters. The van der Waals surface area contributed by atoms with Crippen molar-refractivity contribution < 1.29 is 16.7 Å². The first kappa shape index (κ1) is 15.7. The van der Waals surface area contributed by atoms with Gasteiger partial charge in [0.25, 0.3) is 0 Å². The Hall–Kier alpha value is 0.199. The molecule has 0 aromatic carbocycles. The molecule has 0 bridgehead atoms. The predicted molar refractivity (Wildman–Crippen MR) is 51.1 cm³/mol. The third kappa shape index (κ3) is 8.53. The van der Waals surface area contributed by atoms with Gasteiger partial charge in [-0.1, -0.05) is 0 Å². The first-order chi connectivity index (χ1) is 5.97. The average molecular weight is 258 g/mol. The molecule has 5 heteroatoms. The van der Waals surface area contributed by atoms with E-state index in [1.807, 2.05) is 0 Å². The van der Waals surface area contributed by atoms with E-state index < -0.39 is 14.5 Å².